The minimum absolute atomic E-state index is 0.0211. The van der Waals surface area contributed by atoms with Crippen molar-refractivity contribution in [1.29, 1.82) is 0 Å². The smallest absolute Gasteiger partial charge is 0.310 e. The zero-order valence-electron chi connectivity index (χ0n) is 10.2. The molecule has 2 rings (SSSR count). The lowest BCUT2D eigenvalue weighted by atomic mass is 9.99. The fourth-order valence-corrected chi connectivity index (χ4v) is 4.83. The molecule has 0 saturated carbocycles. The molecule has 2 atom stereocenters. The van der Waals surface area contributed by atoms with Crippen LogP contribution in [0, 0.1) is 11.8 Å². The molecule has 1 saturated heterocycles. The standard InChI is InChI=1S/C11H15NO4S2/c1-8-6-12(7-9(8)11(13)16-2)18(14,15)10-4-3-5-17-10/h3-5,8-9H,6-7H2,1-2H3. The molecule has 1 aliphatic rings. The third-order valence-corrected chi connectivity index (χ3v) is 6.38. The zero-order chi connectivity index (χ0) is 13.3. The molecule has 0 bridgehead atoms. The summed E-state index contributed by atoms with van der Waals surface area (Å²) < 4.78 is 30.9. The Morgan fingerprint density at radius 1 is 1.50 bits per heavy atom. The van der Waals surface area contributed by atoms with Gasteiger partial charge in [0, 0.05) is 13.1 Å². The lowest BCUT2D eigenvalue weighted by molar-refractivity contribution is -0.145. The Hall–Kier alpha value is -0.920. The number of methoxy groups -OCH3 is 1. The van der Waals surface area contributed by atoms with Crippen LogP contribution in [0.5, 0.6) is 0 Å². The van der Waals surface area contributed by atoms with Crippen molar-refractivity contribution >= 4 is 27.3 Å². The maximum atomic E-state index is 12.3. The van der Waals surface area contributed by atoms with Crippen molar-refractivity contribution in [2.24, 2.45) is 11.8 Å². The van der Waals surface area contributed by atoms with Crippen LogP contribution in [0.4, 0.5) is 0 Å². The van der Waals surface area contributed by atoms with Gasteiger partial charge in [-0.2, -0.15) is 4.31 Å². The molecule has 0 N–H and O–H groups in total. The summed E-state index contributed by atoms with van der Waals surface area (Å²) in [5.41, 5.74) is 0. The highest BCUT2D eigenvalue weighted by Crippen LogP contribution is 2.30. The molecule has 0 spiro atoms. The van der Waals surface area contributed by atoms with Gasteiger partial charge in [0.1, 0.15) is 4.21 Å². The molecule has 1 aromatic rings. The van der Waals surface area contributed by atoms with Gasteiger partial charge in [-0.25, -0.2) is 8.42 Å². The number of sulfonamides is 1. The fourth-order valence-electron chi connectivity index (χ4n) is 2.11. The van der Waals surface area contributed by atoms with Crippen molar-refractivity contribution in [2.45, 2.75) is 11.1 Å². The Morgan fingerprint density at radius 3 is 2.78 bits per heavy atom. The van der Waals surface area contributed by atoms with Crippen LogP contribution < -0.4 is 0 Å². The normalized spacial score (nSPS) is 25.2. The summed E-state index contributed by atoms with van der Waals surface area (Å²) in [4.78, 5) is 11.5. The molecule has 0 radical (unpaired) electrons. The average Bonchev–Trinajstić information content (AvgIpc) is 2.97. The van der Waals surface area contributed by atoms with E-state index >= 15 is 0 Å². The maximum Gasteiger partial charge on any atom is 0.310 e. The largest absolute Gasteiger partial charge is 0.469 e. The number of ether oxygens (including phenoxy) is 1. The van der Waals surface area contributed by atoms with Gasteiger partial charge in [0.05, 0.1) is 13.0 Å². The Bertz CT molecular complexity index is 523. The van der Waals surface area contributed by atoms with E-state index in [1.54, 1.807) is 17.5 Å². The quantitative estimate of drug-likeness (QED) is 0.784. The van der Waals surface area contributed by atoms with Gasteiger partial charge in [-0.05, 0) is 17.4 Å². The number of rotatable bonds is 3. The second-order valence-corrected chi connectivity index (χ2v) is 7.47. The van der Waals surface area contributed by atoms with E-state index in [2.05, 4.69) is 0 Å². The van der Waals surface area contributed by atoms with E-state index < -0.39 is 10.0 Å². The van der Waals surface area contributed by atoms with Gasteiger partial charge < -0.3 is 4.74 Å². The van der Waals surface area contributed by atoms with Crippen LogP contribution in [0.2, 0.25) is 0 Å². The topological polar surface area (TPSA) is 63.7 Å². The van der Waals surface area contributed by atoms with Gasteiger partial charge >= 0.3 is 5.97 Å². The highest BCUT2D eigenvalue weighted by molar-refractivity contribution is 7.91. The Kier molecular flexibility index (Phi) is 3.74. The van der Waals surface area contributed by atoms with Gasteiger partial charge in [-0.15, -0.1) is 11.3 Å². The number of carbonyl (C=O) groups is 1. The molecule has 2 unspecified atom stereocenters. The van der Waals surface area contributed by atoms with Gasteiger partial charge in [-0.3, -0.25) is 4.79 Å². The van der Waals surface area contributed by atoms with Crippen molar-refractivity contribution in [3.8, 4) is 0 Å². The second kappa shape index (κ2) is 4.99. The maximum absolute atomic E-state index is 12.3. The van der Waals surface area contributed by atoms with Crippen LogP contribution in [-0.2, 0) is 19.6 Å². The number of thiophene rings is 1. The summed E-state index contributed by atoms with van der Waals surface area (Å²) in [6.07, 6.45) is 0. The van der Waals surface area contributed by atoms with Crippen molar-refractivity contribution < 1.29 is 17.9 Å². The SMILES string of the molecule is COC(=O)C1CN(S(=O)(=O)c2cccs2)CC1C. The number of hydrogen-bond donors (Lipinski definition) is 0. The fraction of sp³-hybridized carbons (Fsp3) is 0.545. The first-order valence-corrected chi connectivity index (χ1v) is 7.90. The molecule has 1 aliphatic heterocycles. The third-order valence-electron chi connectivity index (χ3n) is 3.17. The van der Waals surface area contributed by atoms with Crippen LogP contribution >= 0.6 is 11.3 Å². The summed E-state index contributed by atoms with van der Waals surface area (Å²) in [6.45, 7) is 2.43. The second-order valence-electron chi connectivity index (χ2n) is 4.36. The van der Waals surface area contributed by atoms with Crippen LogP contribution in [0.3, 0.4) is 0 Å². The van der Waals surface area contributed by atoms with Crippen LogP contribution in [0.25, 0.3) is 0 Å². The molecular weight excluding hydrogens is 274 g/mol. The molecule has 5 nitrogen and oxygen atoms in total. The highest BCUT2D eigenvalue weighted by atomic mass is 32.2. The first-order chi connectivity index (χ1) is 8.46. The van der Waals surface area contributed by atoms with Gasteiger partial charge in [0.25, 0.3) is 10.0 Å². The van der Waals surface area contributed by atoms with E-state index in [1.807, 2.05) is 6.92 Å². The average molecular weight is 289 g/mol. The molecule has 7 heteroatoms. The molecular formula is C11H15NO4S2. The predicted molar refractivity (Wildman–Crippen MR) is 67.7 cm³/mol. The molecule has 0 amide bonds. The van der Waals surface area contributed by atoms with E-state index in [0.717, 1.165) is 0 Å². The Morgan fingerprint density at radius 2 is 2.22 bits per heavy atom. The summed E-state index contributed by atoms with van der Waals surface area (Å²) in [5.74, 6) is -0.733. The number of nitrogens with zero attached hydrogens (tertiary/aromatic N) is 1. The zero-order valence-corrected chi connectivity index (χ0v) is 11.8. The van der Waals surface area contributed by atoms with E-state index in [9.17, 15) is 13.2 Å². The molecule has 100 valence electrons. The van der Waals surface area contributed by atoms with Crippen molar-refractivity contribution in [1.82, 2.24) is 4.31 Å². The summed E-state index contributed by atoms with van der Waals surface area (Å²) >= 11 is 1.19. The molecule has 1 fully saturated rings. The molecule has 1 aromatic heterocycles. The van der Waals surface area contributed by atoms with E-state index in [-0.39, 0.29) is 24.3 Å². The van der Waals surface area contributed by atoms with Gasteiger partial charge in [0.2, 0.25) is 0 Å². The summed E-state index contributed by atoms with van der Waals surface area (Å²) in [7, 11) is -2.13. The Balaban J connectivity index is 2.20. The minimum Gasteiger partial charge on any atom is -0.469 e. The highest BCUT2D eigenvalue weighted by Gasteiger charge is 2.41. The van der Waals surface area contributed by atoms with Crippen LogP contribution in [-0.4, -0.2) is 38.9 Å². The van der Waals surface area contributed by atoms with Gasteiger partial charge in [0.15, 0.2) is 0 Å². The van der Waals surface area contributed by atoms with Crippen molar-refractivity contribution in [3.05, 3.63) is 17.5 Å². The van der Waals surface area contributed by atoms with E-state index in [1.165, 1.54) is 22.8 Å². The number of esters is 1. The lowest BCUT2D eigenvalue weighted by Gasteiger charge is -2.14. The van der Waals surface area contributed by atoms with Crippen LogP contribution in [0.1, 0.15) is 6.92 Å². The minimum atomic E-state index is -3.46. The first-order valence-electron chi connectivity index (χ1n) is 5.58. The summed E-state index contributed by atoms with van der Waals surface area (Å²) in [6, 6.07) is 3.28. The Labute approximate surface area is 110 Å². The van der Waals surface area contributed by atoms with E-state index in [4.69, 9.17) is 4.74 Å². The van der Waals surface area contributed by atoms with Crippen molar-refractivity contribution in [3.63, 3.8) is 0 Å². The van der Waals surface area contributed by atoms with Gasteiger partial charge in [-0.1, -0.05) is 13.0 Å². The number of carbonyl (C=O) groups excluding carboxylic acids is 1. The predicted octanol–water partition coefficient (Wildman–Crippen LogP) is 1.18. The number of hydrogen-bond acceptors (Lipinski definition) is 5. The first kappa shape index (κ1) is 13.5. The van der Waals surface area contributed by atoms with Crippen molar-refractivity contribution in [2.75, 3.05) is 20.2 Å². The molecule has 0 aromatic carbocycles. The third kappa shape index (κ3) is 2.30. The molecule has 2 heterocycles. The lowest BCUT2D eigenvalue weighted by Crippen LogP contribution is -2.29. The summed E-state index contributed by atoms with van der Waals surface area (Å²) in [5, 5.41) is 1.73. The van der Waals surface area contributed by atoms with Crippen LogP contribution in [0.15, 0.2) is 21.7 Å². The van der Waals surface area contributed by atoms with E-state index in [0.29, 0.717) is 10.8 Å². The molecule has 0 aliphatic carbocycles. The molecule has 18 heavy (non-hydrogen) atoms. The monoisotopic (exact) mass is 289 g/mol.